The lowest BCUT2D eigenvalue weighted by Crippen LogP contribution is -2.36. The van der Waals surface area contributed by atoms with Gasteiger partial charge in [0.2, 0.25) is 17.2 Å². The monoisotopic (exact) mass is 345 g/mol. The van der Waals surface area contributed by atoms with Crippen LogP contribution in [0.15, 0.2) is 0 Å². The van der Waals surface area contributed by atoms with Crippen molar-refractivity contribution in [1.82, 2.24) is 15.0 Å². The maximum absolute atomic E-state index is 5.97. The summed E-state index contributed by atoms with van der Waals surface area (Å²) in [7, 11) is 13.1. The molecule has 0 fully saturated rings. The molecule has 7 nitrogen and oxygen atoms in total. The summed E-state index contributed by atoms with van der Waals surface area (Å²) in [5, 5.41) is 6.64. The van der Waals surface area contributed by atoms with Crippen LogP contribution >= 0.6 is 11.6 Å². The molecule has 1 heterocycles. The number of quaternary nitrogens is 2. The van der Waals surface area contributed by atoms with E-state index in [1.807, 2.05) is 0 Å². The number of halogens is 1. The first kappa shape index (κ1) is 19.9. The Morgan fingerprint density at radius 1 is 0.739 bits per heavy atom. The predicted molar refractivity (Wildman–Crippen MR) is 96.8 cm³/mol. The summed E-state index contributed by atoms with van der Waals surface area (Å²) in [5.41, 5.74) is 0. The van der Waals surface area contributed by atoms with Crippen molar-refractivity contribution >= 4 is 23.5 Å². The molecule has 132 valence electrons. The van der Waals surface area contributed by atoms with Gasteiger partial charge in [0.05, 0.1) is 55.4 Å². The third-order valence-electron chi connectivity index (χ3n) is 3.19. The summed E-state index contributed by atoms with van der Waals surface area (Å²) in [5.74, 6) is 1.06. The van der Waals surface area contributed by atoms with Gasteiger partial charge in [-0.25, -0.2) is 0 Å². The Morgan fingerprint density at radius 3 is 1.48 bits per heavy atom. The van der Waals surface area contributed by atoms with Crippen LogP contribution in [0, 0.1) is 0 Å². The minimum Gasteiger partial charge on any atom is -0.354 e. The first-order valence-corrected chi connectivity index (χ1v) is 8.43. The number of nitrogens with zero attached hydrogens (tertiary/aromatic N) is 5. The second-order valence-corrected chi connectivity index (χ2v) is 8.18. The molecule has 0 aromatic carbocycles. The molecular weight excluding hydrogens is 314 g/mol. The Kier molecular flexibility index (Phi) is 7.44. The molecule has 0 atom stereocenters. The molecule has 0 aliphatic carbocycles. The van der Waals surface area contributed by atoms with Crippen LogP contribution < -0.4 is 10.6 Å². The minimum atomic E-state index is 0.211. The van der Waals surface area contributed by atoms with Crippen molar-refractivity contribution in [2.24, 2.45) is 0 Å². The first-order valence-electron chi connectivity index (χ1n) is 8.05. The average molecular weight is 346 g/mol. The van der Waals surface area contributed by atoms with Crippen LogP contribution in [0.1, 0.15) is 12.8 Å². The number of rotatable bonds is 10. The standard InChI is InChI=1S/C15H32ClN7/c1-22(2,3)11-7-9-17-14-19-13(16)20-15(21-14)18-10-8-12-23(4,5)6/h7-12H2,1-6H3,(H2,17,18,19,20,21)/q+2. The summed E-state index contributed by atoms with van der Waals surface area (Å²) < 4.78 is 1.89. The summed E-state index contributed by atoms with van der Waals surface area (Å²) in [6, 6.07) is 0. The van der Waals surface area contributed by atoms with Crippen molar-refractivity contribution in [3.63, 3.8) is 0 Å². The van der Waals surface area contributed by atoms with E-state index in [0.29, 0.717) is 11.9 Å². The normalized spacial score (nSPS) is 12.3. The fourth-order valence-electron chi connectivity index (χ4n) is 2.02. The summed E-state index contributed by atoms with van der Waals surface area (Å²) in [6.07, 6.45) is 2.08. The van der Waals surface area contributed by atoms with E-state index < -0.39 is 0 Å². The van der Waals surface area contributed by atoms with E-state index in [-0.39, 0.29) is 5.28 Å². The van der Waals surface area contributed by atoms with Crippen molar-refractivity contribution in [3.8, 4) is 0 Å². The second-order valence-electron chi connectivity index (χ2n) is 7.84. The molecule has 0 bridgehead atoms. The second kappa shape index (κ2) is 8.61. The molecule has 8 heteroatoms. The predicted octanol–water partition coefficient (Wildman–Crippen LogP) is 1.54. The molecule has 1 aromatic rings. The van der Waals surface area contributed by atoms with E-state index in [1.165, 1.54) is 0 Å². The molecule has 0 aliphatic rings. The van der Waals surface area contributed by atoms with Crippen LogP contribution in [0.3, 0.4) is 0 Å². The van der Waals surface area contributed by atoms with Crippen molar-refractivity contribution < 1.29 is 8.97 Å². The Labute approximate surface area is 145 Å². The smallest absolute Gasteiger partial charge is 0.228 e. The Hall–Kier alpha value is -1.18. The molecule has 23 heavy (non-hydrogen) atoms. The van der Waals surface area contributed by atoms with E-state index >= 15 is 0 Å². The summed E-state index contributed by atoms with van der Waals surface area (Å²) >= 11 is 5.97. The van der Waals surface area contributed by atoms with Gasteiger partial charge in [0.1, 0.15) is 0 Å². The zero-order valence-electron chi connectivity index (χ0n) is 15.4. The molecule has 1 aromatic heterocycles. The Bertz CT molecular complexity index is 439. The fourth-order valence-corrected chi connectivity index (χ4v) is 2.18. The molecule has 1 rings (SSSR count). The average Bonchev–Trinajstić information content (AvgIpc) is 2.37. The number of hydrogen-bond donors (Lipinski definition) is 2. The number of hydrogen-bond acceptors (Lipinski definition) is 5. The van der Waals surface area contributed by atoms with E-state index in [9.17, 15) is 0 Å². The zero-order chi connectivity index (χ0) is 17.5. The maximum Gasteiger partial charge on any atom is 0.228 e. The topological polar surface area (TPSA) is 62.7 Å². The van der Waals surface area contributed by atoms with Crippen molar-refractivity contribution in [2.45, 2.75) is 12.8 Å². The van der Waals surface area contributed by atoms with Gasteiger partial charge >= 0.3 is 0 Å². The van der Waals surface area contributed by atoms with Gasteiger partial charge in [0, 0.05) is 25.9 Å². The highest BCUT2D eigenvalue weighted by atomic mass is 35.5. The molecule has 2 N–H and O–H groups in total. The summed E-state index contributed by atoms with van der Waals surface area (Å²) in [4.78, 5) is 12.6. The van der Waals surface area contributed by atoms with Crippen LogP contribution in [0.5, 0.6) is 0 Å². The van der Waals surface area contributed by atoms with Crippen LogP contribution in [0.25, 0.3) is 0 Å². The molecule has 0 saturated carbocycles. The van der Waals surface area contributed by atoms with Gasteiger partial charge in [0.15, 0.2) is 0 Å². The Balaban J connectivity index is 2.42. The van der Waals surface area contributed by atoms with E-state index in [4.69, 9.17) is 11.6 Å². The molecule has 0 saturated heterocycles. The van der Waals surface area contributed by atoms with Gasteiger partial charge < -0.3 is 19.6 Å². The lowest BCUT2D eigenvalue weighted by Gasteiger charge is -2.23. The van der Waals surface area contributed by atoms with Crippen LogP contribution in [0.2, 0.25) is 5.28 Å². The minimum absolute atomic E-state index is 0.211. The Morgan fingerprint density at radius 2 is 1.13 bits per heavy atom. The molecule has 0 radical (unpaired) electrons. The SMILES string of the molecule is C[N+](C)(C)CCCNc1nc(Cl)nc(NCCC[N+](C)(C)C)n1. The lowest BCUT2D eigenvalue weighted by atomic mass is 10.3. The number of nitrogens with one attached hydrogen (secondary N) is 2. The number of anilines is 2. The molecule has 0 amide bonds. The fraction of sp³-hybridized carbons (Fsp3) is 0.800. The molecule has 0 unspecified atom stereocenters. The van der Waals surface area contributed by atoms with Crippen molar-refractivity contribution in [1.29, 1.82) is 0 Å². The van der Waals surface area contributed by atoms with Crippen LogP contribution in [-0.2, 0) is 0 Å². The lowest BCUT2D eigenvalue weighted by molar-refractivity contribution is -0.870. The van der Waals surface area contributed by atoms with E-state index in [0.717, 1.165) is 48.0 Å². The largest absolute Gasteiger partial charge is 0.354 e. The van der Waals surface area contributed by atoms with Crippen LogP contribution in [-0.4, -0.2) is 92.4 Å². The summed E-state index contributed by atoms with van der Waals surface area (Å²) in [6.45, 7) is 3.80. The van der Waals surface area contributed by atoms with Gasteiger partial charge in [-0.2, -0.15) is 15.0 Å². The highest BCUT2D eigenvalue weighted by Gasteiger charge is 2.09. The van der Waals surface area contributed by atoms with Gasteiger partial charge in [0.25, 0.3) is 0 Å². The van der Waals surface area contributed by atoms with Crippen molar-refractivity contribution in [2.75, 3.05) is 79.1 Å². The van der Waals surface area contributed by atoms with Gasteiger partial charge in [-0.3, -0.25) is 0 Å². The highest BCUT2D eigenvalue weighted by Crippen LogP contribution is 2.10. The first-order chi connectivity index (χ1) is 10.6. The zero-order valence-corrected chi connectivity index (χ0v) is 16.1. The third-order valence-corrected chi connectivity index (χ3v) is 3.35. The molecular formula is C15H32ClN7+2. The van der Waals surface area contributed by atoms with Crippen LogP contribution in [0.4, 0.5) is 11.9 Å². The molecule has 0 spiro atoms. The quantitative estimate of drug-likeness (QED) is 0.497. The van der Waals surface area contributed by atoms with Crippen molar-refractivity contribution in [3.05, 3.63) is 5.28 Å². The molecule has 0 aliphatic heterocycles. The van der Waals surface area contributed by atoms with E-state index in [2.05, 4.69) is 67.9 Å². The van der Waals surface area contributed by atoms with Gasteiger partial charge in [-0.1, -0.05) is 0 Å². The third kappa shape index (κ3) is 10.3. The highest BCUT2D eigenvalue weighted by molar-refractivity contribution is 6.28. The maximum atomic E-state index is 5.97. The number of aromatic nitrogens is 3. The van der Waals surface area contributed by atoms with Gasteiger partial charge in [-0.15, -0.1) is 0 Å². The van der Waals surface area contributed by atoms with E-state index in [1.54, 1.807) is 0 Å². The van der Waals surface area contributed by atoms with Gasteiger partial charge in [-0.05, 0) is 11.6 Å².